The van der Waals surface area contributed by atoms with E-state index < -0.39 is 22.4 Å². The monoisotopic (exact) mass is 507 g/mol. The maximum atomic E-state index is 12.9. The lowest BCUT2D eigenvalue weighted by Gasteiger charge is -2.37. The van der Waals surface area contributed by atoms with E-state index in [1.807, 2.05) is 25.1 Å². The number of piperazine rings is 1. The van der Waals surface area contributed by atoms with Gasteiger partial charge in [-0.2, -0.15) is 13.2 Å². The van der Waals surface area contributed by atoms with Crippen LogP contribution in [0.1, 0.15) is 16.7 Å². The third-order valence-electron chi connectivity index (χ3n) is 5.89. The molecule has 1 aliphatic heterocycles. The molecule has 0 atom stereocenters. The normalized spacial score (nSPS) is 14.2. The SMILES string of the molecule is Cc1cccc(N2CCN(c3ncnc(Nc4ncc(C(F)(F)F)cc4Cl)c3[N+](=O)[O-])CC2)c1C. The lowest BCUT2D eigenvalue weighted by atomic mass is 10.1. The molecule has 0 bridgehead atoms. The highest BCUT2D eigenvalue weighted by Crippen LogP contribution is 2.37. The van der Waals surface area contributed by atoms with E-state index in [-0.39, 0.29) is 22.5 Å². The minimum atomic E-state index is -4.62. The molecule has 3 aromatic rings. The smallest absolute Gasteiger partial charge is 0.368 e. The lowest BCUT2D eigenvalue weighted by Crippen LogP contribution is -2.47. The van der Waals surface area contributed by atoms with Gasteiger partial charge < -0.3 is 15.1 Å². The van der Waals surface area contributed by atoms with Crippen LogP contribution in [0, 0.1) is 24.0 Å². The fraction of sp³-hybridized carbons (Fsp3) is 0.318. The third-order valence-corrected chi connectivity index (χ3v) is 6.17. The summed E-state index contributed by atoms with van der Waals surface area (Å²) in [5.74, 6) is -0.297. The molecule has 1 fully saturated rings. The minimum absolute atomic E-state index is 0.108. The highest BCUT2D eigenvalue weighted by atomic mass is 35.5. The van der Waals surface area contributed by atoms with Crippen molar-refractivity contribution in [1.82, 2.24) is 15.0 Å². The van der Waals surface area contributed by atoms with E-state index in [0.717, 1.165) is 12.0 Å². The predicted molar refractivity (Wildman–Crippen MR) is 127 cm³/mol. The zero-order valence-corrected chi connectivity index (χ0v) is 19.6. The number of hydrogen-bond donors (Lipinski definition) is 1. The van der Waals surface area contributed by atoms with Crippen LogP contribution >= 0.6 is 11.6 Å². The van der Waals surface area contributed by atoms with Gasteiger partial charge in [-0.1, -0.05) is 23.7 Å². The summed E-state index contributed by atoms with van der Waals surface area (Å²) in [6.07, 6.45) is -2.88. The molecule has 0 aliphatic carbocycles. The number of alkyl halides is 3. The fourth-order valence-electron chi connectivity index (χ4n) is 3.89. The number of aromatic nitrogens is 3. The number of nitrogens with zero attached hydrogens (tertiary/aromatic N) is 6. The van der Waals surface area contributed by atoms with Crippen LogP contribution in [0.25, 0.3) is 0 Å². The van der Waals surface area contributed by atoms with Crippen molar-refractivity contribution in [3.8, 4) is 0 Å². The second-order valence-corrected chi connectivity index (χ2v) is 8.43. The Balaban J connectivity index is 1.58. The first-order valence-electron chi connectivity index (χ1n) is 10.6. The highest BCUT2D eigenvalue weighted by Gasteiger charge is 2.33. The van der Waals surface area contributed by atoms with Crippen LogP contribution in [0.2, 0.25) is 5.02 Å². The summed E-state index contributed by atoms with van der Waals surface area (Å²) in [6.45, 7) is 6.31. The first-order chi connectivity index (χ1) is 16.6. The first-order valence-corrected chi connectivity index (χ1v) is 11.0. The molecule has 1 aliphatic rings. The Bertz CT molecular complexity index is 1260. The molecule has 0 radical (unpaired) electrons. The van der Waals surface area contributed by atoms with Crippen LogP contribution in [0.15, 0.2) is 36.8 Å². The van der Waals surface area contributed by atoms with E-state index >= 15 is 0 Å². The summed E-state index contributed by atoms with van der Waals surface area (Å²) in [5.41, 5.74) is 2.04. The molecule has 0 spiro atoms. The van der Waals surface area contributed by atoms with Crippen LogP contribution in [0.5, 0.6) is 0 Å². The van der Waals surface area contributed by atoms with Gasteiger partial charge in [0, 0.05) is 38.1 Å². The predicted octanol–water partition coefficient (Wildman–Crippen LogP) is 5.14. The molecule has 13 heteroatoms. The Morgan fingerprint density at radius 2 is 1.74 bits per heavy atom. The number of hydrogen-bond acceptors (Lipinski definition) is 8. The number of rotatable bonds is 5. The fourth-order valence-corrected chi connectivity index (χ4v) is 4.11. The quantitative estimate of drug-likeness (QED) is 0.374. The Hall–Kier alpha value is -3.67. The maximum absolute atomic E-state index is 12.9. The zero-order chi connectivity index (χ0) is 25.3. The van der Waals surface area contributed by atoms with Crippen LogP contribution in [-0.2, 0) is 6.18 Å². The summed E-state index contributed by atoms with van der Waals surface area (Å²) in [6, 6.07) is 6.79. The van der Waals surface area contributed by atoms with Gasteiger partial charge in [0.15, 0.2) is 5.82 Å². The van der Waals surface area contributed by atoms with Crippen molar-refractivity contribution in [3.05, 3.63) is 68.6 Å². The molecule has 0 amide bonds. The van der Waals surface area contributed by atoms with Crippen LogP contribution in [0.3, 0.4) is 0 Å². The third kappa shape index (κ3) is 5.06. The molecule has 0 unspecified atom stereocenters. The Morgan fingerprint density at radius 3 is 2.37 bits per heavy atom. The van der Waals surface area contributed by atoms with Crippen molar-refractivity contribution in [1.29, 1.82) is 0 Å². The molecule has 35 heavy (non-hydrogen) atoms. The topological polar surface area (TPSA) is 100 Å². The molecule has 3 heterocycles. The van der Waals surface area contributed by atoms with E-state index in [1.54, 1.807) is 4.90 Å². The summed E-state index contributed by atoms with van der Waals surface area (Å²) < 4.78 is 38.7. The van der Waals surface area contributed by atoms with Crippen molar-refractivity contribution in [3.63, 3.8) is 0 Å². The minimum Gasteiger partial charge on any atom is -0.368 e. The van der Waals surface area contributed by atoms with Crippen LogP contribution in [-0.4, -0.2) is 46.1 Å². The lowest BCUT2D eigenvalue weighted by molar-refractivity contribution is -0.383. The van der Waals surface area contributed by atoms with E-state index in [2.05, 4.69) is 32.1 Å². The number of benzene rings is 1. The Morgan fingerprint density at radius 1 is 1.06 bits per heavy atom. The van der Waals surface area contributed by atoms with Crippen LogP contribution < -0.4 is 15.1 Å². The molecule has 1 aromatic carbocycles. The standard InChI is InChI=1S/C22H21ClF3N7O2/c1-13-4-3-5-17(14(13)2)31-6-8-32(9-7-31)21-18(33(34)35)20(28-12-29-21)30-19-16(23)10-15(11-27-19)22(24,25)26/h3-5,10-12H,6-9H2,1-2H3,(H,27,28,29,30). The van der Waals surface area contributed by atoms with Crippen molar-refractivity contribution < 1.29 is 18.1 Å². The van der Waals surface area contributed by atoms with Crippen molar-refractivity contribution in [2.75, 3.05) is 41.3 Å². The van der Waals surface area contributed by atoms with Gasteiger partial charge in [0.25, 0.3) is 0 Å². The average molecular weight is 508 g/mol. The summed E-state index contributed by atoms with van der Waals surface area (Å²) in [7, 11) is 0. The second kappa shape index (κ2) is 9.53. The Kier molecular flexibility index (Phi) is 6.66. The molecule has 1 saturated heterocycles. The van der Waals surface area contributed by atoms with E-state index in [4.69, 9.17) is 11.6 Å². The molecule has 1 N–H and O–H groups in total. The van der Waals surface area contributed by atoms with Crippen molar-refractivity contribution in [2.24, 2.45) is 0 Å². The van der Waals surface area contributed by atoms with Crippen LogP contribution in [0.4, 0.5) is 42.0 Å². The maximum Gasteiger partial charge on any atom is 0.417 e. The summed E-state index contributed by atoms with van der Waals surface area (Å²) in [5, 5.41) is 14.2. The molecule has 2 aromatic heterocycles. The van der Waals surface area contributed by atoms with Gasteiger partial charge in [0.2, 0.25) is 11.6 Å². The van der Waals surface area contributed by atoms with Gasteiger partial charge in [0.05, 0.1) is 15.5 Å². The van der Waals surface area contributed by atoms with Gasteiger partial charge in [-0.3, -0.25) is 10.1 Å². The number of anilines is 4. The van der Waals surface area contributed by atoms with E-state index in [1.165, 1.54) is 11.1 Å². The van der Waals surface area contributed by atoms with Crippen molar-refractivity contribution in [2.45, 2.75) is 20.0 Å². The van der Waals surface area contributed by atoms with Gasteiger partial charge in [0.1, 0.15) is 6.33 Å². The zero-order valence-electron chi connectivity index (χ0n) is 18.8. The highest BCUT2D eigenvalue weighted by molar-refractivity contribution is 6.33. The summed E-state index contributed by atoms with van der Waals surface area (Å²) in [4.78, 5) is 27.1. The van der Waals surface area contributed by atoms with Gasteiger partial charge in [-0.15, -0.1) is 0 Å². The summed E-state index contributed by atoms with van der Waals surface area (Å²) >= 11 is 5.95. The number of pyridine rings is 1. The molecular formula is C22H21ClF3N7O2. The second-order valence-electron chi connectivity index (χ2n) is 8.02. The number of nitrogens with one attached hydrogen (secondary N) is 1. The molecular weight excluding hydrogens is 487 g/mol. The largest absolute Gasteiger partial charge is 0.417 e. The van der Waals surface area contributed by atoms with E-state index in [0.29, 0.717) is 38.4 Å². The van der Waals surface area contributed by atoms with Crippen molar-refractivity contribution >= 4 is 40.4 Å². The molecule has 9 nitrogen and oxygen atoms in total. The average Bonchev–Trinajstić information content (AvgIpc) is 2.81. The number of nitro groups is 1. The van der Waals surface area contributed by atoms with E-state index in [9.17, 15) is 23.3 Å². The molecule has 184 valence electrons. The molecule has 0 saturated carbocycles. The molecule has 4 rings (SSSR count). The number of aryl methyl sites for hydroxylation is 1. The number of halogens is 4. The first kappa shape index (κ1) is 24.5. The van der Waals surface area contributed by atoms with Gasteiger partial charge >= 0.3 is 11.9 Å². The van der Waals surface area contributed by atoms with Gasteiger partial charge in [-0.25, -0.2) is 15.0 Å². The Labute approximate surface area is 203 Å². The van der Waals surface area contributed by atoms with Gasteiger partial charge in [-0.05, 0) is 37.1 Å².